The summed E-state index contributed by atoms with van der Waals surface area (Å²) in [6, 6.07) is 8.63. The van der Waals surface area contributed by atoms with Gasteiger partial charge in [-0.25, -0.2) is 27.0 Å². The minimum absolute atomic E-state index is 0.0676. The van der Waals surface area contributed by atoms with Crippen LogP contribution in [0.4, 0.5) is 4.39 Å². The highest BCUT2D eigenvalue weighted by molar-refractivity contribution is 7.89. The Morgan fingerprint density at radius 1 is 1.22 bits per heavy atom. The van der Waals surface area contributed by atoms with E-state index in [1.807, 2.05) is 0 Å². The van der Waals surface area contributed by atoms with Crippen LogP contribution in [0.5, 0.6) is 0 Å². The molecule has 3 rings (SSSR count). The Hall–Kier alpha value is -4.09. The number of carbonyl (C=O) groups excluding carboxylic acids is 2. The molecule has 1 amide bonds. The number of nitrogens with one attached hydrogen (secondary N) is 2. The number of aromatic nitrogens is 2. The van der Waals surface area contributed by atoms with E-state index in [0.717, 1.165) is 0 Å². The summed E-state index contributed by atoms with van der Waals surface area (Å²) in [7, 11) is -2.09. The van der Waals surface area contributed by atoms with Gasteiger partial charge in [0.15, 0.2) is 0 Å². The highest BCUT2D eigenvalue weighted by Crippen LogP contribution is 2.25. The van der Waals surface area contributed by atoms with Gasteiger partial charge in [-0.3, -0.25) is 4.79 Å². The smallest absolute Gasteiger partial charge is 0.338 e. The number of nitrogens with zero attached hydrogens (tertiary/aromatic N) is 2. The van der Waals surface area contributed by atoms with Crippen LogP contribution < -0.4 is 10.0 Å². The van der Waals surface area contributed by atoms with Gasteiger partial charge in [0.25, 0.3) is 5.91 Å². The molecule has 194 valence electrons. The predicted octanol–water partition coefficient (Wildman–Crippen LogP) is 3.29. The zero-order valence-corrected chi connectivity index (χ0v) is 21.2. The Balaban J connectivity index is 1.95. The maximum absolute atomic E-state index is 13.4. The number of fused-ring (bicyclic) bond motifs is 1. The number of hydrogen-bond acceptors (Lipinski definition) is 6. The van der Waals surface area contributed by atoms with E-state index in [2.05, 4.69) is 21.7 Å². The minimum Gasteiger partial charge on any atom is -0.462 e. The van der Waals surface area contributed by atoms with Crippen molar-refractivity contribution in [3.8, 4) is 5.69 Å². The summed E-state index contributed by atoms with van der Waals surface area (Å²) in [4.78, 5) is 25.8. The van der Waals surface area contributed by atoms with Crippen LogP contribution in [-0.4, -0.2) is 56.0 Å². The molecule has 2 N–H and O–H groups in total. The lowest BCUT2D eigenvalue weighted by Gasteiger charge is -2.11. The summed E-state index contributed by atoms with van der Waals surface area (Å²) in [6.45, 7) is 5.54. The molecule has 0 aliphatic carbocycles. The van der Waals surface area contributed by atoms with Crippen molar-refractivity contribution in [1.82, 2.24) is 19.8 Å². The number of halogens is 1. The van der Waals surface area contributed by atoms with E-state index in [1.54, 1.807) is 25.1 Å². The summed E-state index contributed by atoms with van der Waals surface area (Å²) >= 11 is 0. The number of rotatable bonds is 11. The van der Waals surface area contributed by atoms with Gasteiger partial charge in [0.1, 0.15) is 5.82 Å². The summed E-state index contributed by atoms with van der Waals surface area (Å²) in [5, 5.41) is 7.60. The number of amides is 1. The fourth-order valence-electron chi connectivity index (χ4n) is 3.45. The van der Waals surface area contributed by atoms with Gasteiger partial charge in [-0.1, -0.05) is 30.9 Å². The largest absolute Gasteiger partial charge is 0.462 e. The van der Waals surface area contributed by atoms with Gasteiger partial charge >= 0.3 is 5.97 Å². The fraction of sp³-hybridized carbons (Fsp3) is 0.192. The Bertz CT molecular complexity index is 1470. The van der Waals surface area contributed by atoms with Gasteiger partial charge in [0.2, 0.25) is 10.0 Å². The summed E-state index contributed by atoms with van der Waals surface area (Å²) in [5.74, 6) is -1.72. The van der Waals surface area contributed by atoms with Gasteiger partial charge < -0.3 is 10.1 Å². The topological polar surface area (TPSA) is 119 Å². The van der Waals surface area contributed by atoms with Crippen molar-refractivity contribution in [2.45, 2.75) is 6.92 Å². The van der Waals surface area contributed by atoms with Crippen LogP contribution in [0.3, 0.4) is 0 Å². The van der Waals surface area contributed by atoms with Crippen LogP contribution >= 0.6 is 0 Å². The monoisotopic (exact) mass is 526 g/mol. The van der Waals surface area contributed by atoms with Crippen molar-refractivity contribution in [3.63, 3.8) is 0 Å². The van der Waals surface area contributed by atoms with Gasteiger partial charge in [-0.15, -0.1) is 0 Å². The molecule has 0 spiro atoms. The van der Waals surface area contributed by atoms with Gasteiger partial charge in [0.05, 0.1) is 40.9 Å². The molecule has 1 heterocycles. The summed E-state index contributed by atoms with van der Waals surface area (Å²) in [5.41, 5.74) is 1.95. The van der Waals surface area contributed by atoms with Crippen molar-refractivity contribution >= 4 is 32.8 Å². The van der Waals surface area contributed by atoms with Crippen molar-refractivity contribution in [1.29, 1.82) is 0 Å². The van der Waals surface area contributed by atoms with Crippen molar-refractivity contribution in [3.05, 3.63) is 96.0 Å². The third-order valence-corrected chi connectivity index (χ3v) is 6.51. The Labute approximate surface area is 214 Å². The highest BCUT2D eigenvalue weighted by atomic mass is 32.2. The number of allylic oxidation sites excluding steroid dienone is 2. The highest BCUT2D eigenvalue weighted by Gasteiger charge is 2.19. The molecule has 0 aliphatic rings. The van der Waals surface area contributed by atoms with E-state index in [-0.39, 0.29) is 30.0 Å². The molecule has 37 heavy (non-hydrogen) atoms. The molecule has 1 aromatic heterocycles. The molecule has 0 unspecified atom stereocenters. The minimum atomic E-state index is -3.42. The third kappa shape index (κ3) is 6.99. The molecule has 0 bridgehead atoms. The van der Waals surface area contributed by atoms with E-state index < -0.39 is 27.7 Å². The van der Waals surface area contributed by atoms with Crippen LogP contribution in [0.25, 0.3) is 16.6 Å². The second-order valence-corrected chi connectivity index (χ2v) is 9.73. The molecule has 9 nitrogen and oxygen atoms in total. The first-order valence-electron chi connectivity index (χ1n) is 11.3. The molecular weight excluding hydrogens is 499 g/mol. The summed E-state index contributed by atoms with van der Waals surface area (Å²) < 4.78 is 45.6. The second-order valence-electron chi connectivity index (χ2n) is 7.76. The average Bonchev–Trinajstić information content (AvgIpc) is 3.31. The molecule has 0 saturated heterocycles. The van der Waals surface area contributed by atoms with E-state index in [9.17, 15) is 22.4 Å². The van der Waals surface area contributed by atoms with E-state index in [0.29, 0.717) is 22.2 Å². The number of ether oxygens (including phenoxy) is 1. The number of esters is 1. The molecule has 2 aromatic carbocycles. The fourth-order valence-corrected chi connectivity index (χ4v) is 3.96. The molecule has 0 atom stereocenters. The average molecular weight is 527 g/mol. The zero-order chi connectivity index (χ0) is 27.0. The maximum atomic E-state index is 13.4. The van der Waals surface area contributed by atoms with E-state index in [1.165, 1.54) is 60.4 Å². The lowest BCUT2D eigenvalue weighted by Crippen LogP contribution is -2.26. The quantitative estimate of drug-likeness (QED) is 0.292. The second kappa shape index (κ2) is 12.2. The Kier molecular flexibility index (Phi) is 9.10. The molecule has 0 radical (unpaired) electrons. The molecule has 3 aromatic rings. The molecular formula is C26H27FN4O5S. The number of sulfonamides is 1. The first-order chi connectivity index (χ1) is 17.7. The number of hydrogen-bond donors (Lipinski definition) is 2. The molecule has 0 aliphatic heterocycles. The van der Waals surface area contributed by atoms with Gasteiger partial charge in [0, 0.05) is 11.9 Å². The molecule has 0 fully saturated rings. The van der Waals surface area contributed by atoms with Crippen LogP contribution in [0.1, 0.15) is 27.6 Å². The predicted molar refractivity (Wildman–Crippen MR) is 140 cm³/mol. The van der Waals surface area contributed by atoms with Crippen molar-refractivity contribution in [2.75, 3.05) is 26.0 Å². The standard InChI is InChI=1S/C26H27FN4O5S/c1-4-7-18(8-6-13-37(34,35)28-3)16-29-25(32)22-14-19(26(33)36-5-2)15-24-23(22)17-30-31(24)21-11-9-20(27)10-12-21/h4,6-12,14-15,17,28H,1,5,13,16H2,2-3H3,(H,29,32)/b8-6-,18-7+. The lowest BCUT2D eigenvalue weighted by atomic mass is 10.0. The van der Waals surface area contributed by atoms with Gasteiger partial charge in [-0.2, -0.15) is 5.10 Å². The van der Waals surface area contributed by atoms with E-state index >= 15 is 0 Å². The van der Waals surface area contributed by atoms with Crippen molar-refractivity contribution < 1.29 is 27.1 Å². The normalized spacial score (nSPS) is 12.1. The van der Waals surface area contributed by atoms with Crippen LogP contribution in [-0.2, 0) is 14.8 Å². The van der Waals surface area contributed by atoms with E-state index in [4.69, 9.17) is 4.74 Å². The number of benzene rings is 2. The third-order valence-electron chi connectivity index (χ3n) is 5.26. The Morgan fingerprint density at radius 3 is 2.59 bits per heavy atom. The van der Waals surface area contributed by atoms with Gasteiger partial charge in [-0.05, 0) is 55.9 Å². The lowest BCUT2D eigenvalue weighted by molar-refractivity contribution is 0.0526. The van der Waals surface area contributed by atoms with Crippen LogP contribution in [0.2, 0.25) is 0 Å². The zero-order valence-electron chi connectivity index (χ0n) is 20.4. The van der Waals surface area contributed by atoms with Crippen molar-refractivity contribution in [2.24, 2.45) is 0 Å². The maximum Gasteiger partial charge on any atom is 0.338 e. The first kappa shape index (κ1) is 27.5. The SMILES string of the molecule is C=C/C=C(\C=C/CS(=O)(=O)NC)CNC(=O)c1cc(C(=O)OCC)cc2c1cnn2-c1ccc(F)cc1. The Morgan fingerprint density at radius 2 is 1.95 bits per heavy atom. The molecule has 11 heteroatoms. The summed E-state index contributed by atoms with van der Waals surface area (Å²) in [6.07, 6.45) is 7.68. The number of carbonyl (C=O) groups is 2. The first-order valence-corrected chi connectivity index (χ1v) is 13.0. The molecule has 0 saturated carbocycles. The van der Waals surface area contributed by atoms with Crippen LogP contribution in [0.15, 0.2) is 79.1 Å². The van der Waals surface area contributed by atoms with Crippen LogP contribution in [0, 0.1) is 5.82 Å².